The fourth-order valence-corrected chi connectivity index (χ4v) is 5.35. The number of fused-ring (bicyclic) bond motifs is 1. The Kier molecular flexibility index (Phi) is 8.23. The van der Waals surface area contributed by atoms with Crippen LogP contribution in [0.2, 0.25) is 0 Å². The maximum atomic E-state index is 12.0. The number of hydrogen-bond acceptors (Lipinski definition) is 9. The highest BCUT2D eigenvalue weighted by Crippen LogP contribution is 2.39. The Morgan fingerprint density at radius 3 is 2.52 bits per heavy atom. The van der Waals surface area contributed by atoms with Crippen LogP contribution in [0.1, 0.15) is 25.7 Å². The summed E-state index contributed by atoms with van der Waals surface area (Å²) in [6.07, 6.45) is 7.62. The van der Waals surface area contributed by atoms with Gasteiger partial charge in [-0.1, -0.05) is 6.58 Å². The highest BCUT2D eigenvalue weighted by Gasteiger charge is 2.24. The van der Waals surface area contributed by atoms with Crippen LogP contribution in [-0.2, 0) is 9.53 Å². The van der Waals surface area contributed by atoms with Crippen molar-refractivity contribution in [2.24, 2.45) is 0 Å². The van der Waals surface area contributed by atoms with E-state index < -0.39 is 0 Å². The van der Waals surface area contributed by atoms with Crippen LogP contribution in [0.4, 0.5) is 11.5 Å². The predicted octanol–water partition coefficient (Wildman–Crippen LogP) is 5.76. The fraction of sp³-hybridized carbons (Fsp3) is 0.344. The minimum atomic E-state index is -0.0595. The number of nitrogens with zero attached hydrogens (tertiary/aromatic N) is 3. The van der Waals surface area contributed by atoms with Gasteiger partial charge in [-0.15, -0.1) is 0 Å². The highest BCUT2D eigenvalue weighted by atomic mass is 16.5. The van der Waals surface area contributed by atoms with Gasteiger partial charge in [-0.05, 0) is 42.5 Å². The Morgan fingerprint density at radius 1 is 1.00 bits per heavy atom. The third kappa shape index (κ3) is 6.03. The lowest BCUT2D eigenvalue weighted by molar-refractivity contribution is -0.127. The van der Waals surface area contributed by atoms with E-state index >= 15 is 0 Å². The maximum Gasteiger partial charge on any atom is 0.245 e. The molecule has 10 heteroatoms. The minimum absolute atomic E-state index is 0.0547. The lowest BCUT2D eigenvalue weighted by Crippen LogP contribution is -2.41. The molecule has 2 aromatic carbocycles. The third-order valence-corrected chi connectivity index (χ3v) is 7.64. The second-order valence-corrected chi connectivity index (χ2v) is 10.3. The molecule has 0 aliphatic carbocycles. The summed E-state index contributed by atoms with van der Waals surface area (Å²) in [5.74, 6) is 3.20. The second kappa shape index (κ2) is 12.5. The first-order valence-electron chi connectivity index (χ1n) is 14.2. The first kappa shape index (κ1) is 27.6. The Morgan fingerprint density at radius 2 is 1.79 bits per heavy atom. The van der Waals surface area contributed by atoms with Crippen molar-refractivity contribution in [3.63, 3.8) is 0 Å². The molecular weight excluding hydrogens is 536 g/mol. The van der Waals surface area contributed by atoms with Gasteiger partial charge in [0.25, 0.3) is 0 Å². The molecule has 2 fully saturated rings. The van der Waals surface area contributed by atoms with Gasteiger partial charge in [0.1, 0.15) is 35.9 Å². The zero-order chi connectivity index (χ0) is 28.9. The molecule has 1 N–H and O–H groups in total. The van der Waals surface area contributed by atoms with Gasteiger partial charge in [0.2, 0.25) is 5.91 Å². The van der Waals surface area contributed by atoms with Gasteiger partial charge < -0.3 is 33.6 Å². The molecule has 4 aromatic rings. The van der Waals surface area contributed by atoms with Crippen LogP contribution in [0.15, 0.2) is 72.1 Å². The van der Waals surface area contributed by atoms with E-state index in [9.17, 15) is 4.79 Å². The number of benzene rings is 2. The number of likely N-dealkylation sites (tertiary alicyclic amines) is 1. The Hall–Kier alpha value is -4.57. The largest absolute Gasteiger partial charge is 0.493 e. The molecule has 0 bridgehead atoms. The summed E-state index contributed by atoms with van der Waals surface area (Å²) in [4.78, 5) is 22.9. The fourth-order valence-electron chi connectivity index (χ4n) is 5.35. The van der Waals surface area contributed by atoms with Gasteiger partial charge in [0.15, 0.2) is 11.5 Å². The first-order chi connectivity index (χ1) is 20.6. The smallest absolute Gasteiger partial charge is 0.245 e. The van der Waals surface area contributed by atoms with E-state index in [0.717, 1.165) is 41.0 Å². The van der Waals surface area contributed by atoms with Gasteiger partial charge in [0, 0.05) is 55.8 Å². The summed E-state index contributed by atoms with van der Waals surface area (Å²) < 4.78 is 29.7. The van der Waals surface area contributed by atoms with Crippen molar-refractivity contribution in [2.45, 2.75) is 37.9 Å². The predicted molar refractivity (Wildman–Crippen MR) is 158 cm³/mol. The molecule has 10 nitrogen and oxygen atoms in total. The standard InChI is InChI=1S/C32H34N4O6/c1-3-31(37)36-12-8-22(9-13-36)42-30-18-24-25(19-29(30)38-2)33-20-34-32(24)35-26-17-21(27-5-4-14-40-27)6-7-28(26)41-23-10-15-39-16-11-23/h3-7,14,17-20,22-23H,1,8-13,15-16H2,2H3,(H,33,34,35). The number of rotatable bonds is 9. The number of carbonyl (C=O) groups excluding carboxylic acids is 1. The van der Waals surface area contributed by atoms with Crippen molar-refractivity contribution in [1.82, 2.24) is 14.9 Å². The molecule has 2 aliphatic rings. The number of amides is 1. The van der Waals surface area contributed by atoms with Crippen LogP contribution in [0.5, 0.6) is 17.2 Å². The highest BCUT2D eigenvalue weighted by molar-refractivity contribution is 5.93. The molecule has 6 rings (SSSR count). The molecule has 0 atom stereocenters. The molecular formula is C32H34N4O6. The van der Waals surface area contributed by atoms with Crippen molar-refractivity contribution in [2.75, 3.05) is 38.7 Å². The lowest BCUT2D eigenvalue weighted by atomic mass is 10.1. The molecule has 2 saturated heterocycles. The summed E-state index contributed by atoms with van der Waals surface area (Å²) in [5, 5.41) is 4.27. The molecule has 4 heterocycles. The van der Waals surface area contributed by atoms with Crippen molar-refractivity contribution in [3.8, 4) is 28.6 Å². The summed E-state index contributed by atoms with van der Waals surface area (Å²) in [7, 11) is 1.61. The van der Waals surface area contributed by atoms with Crippen LogP contribution >= 0.6 is 0 Å². The number of hydrogen-bond donors (Lipinski definition) is 1. The normalized spacial score (nSPS) is 16.3. The summed E-state index contributed by atoms with van der Waals surface area (Å²) in [6.45, 7) is 6.19. The minimum Gasteiger partial charge on any atom is -0.493 e. The lowest BCUT2D eigenvalue weighted by Gasteiger charge is -2.31. The van der Waals surface area contributed by atoms with Gasteiger partial charge in [-0.3, -0.25) is 4.79 Å². The van der Waals surface area contributed by atoms with E-state index in [-0.39, 0.29) is 18.1 Å². The van der Waals surface area contributed by atoms with E-state index in [2.05, 4.69) is 21.9 Å². The second-order valence-electron chi connectivity index (χ2n) is 10.3. The van der Waals surface area contributed by atoms with Gasteiger partial charge >= 0.3 is 0 Å². The average molecular weight is 571 g/mol. The SMILES string of the molecule is C=CC(=O)N1CCC(Oc2cc3c(Nc4cc(-c5ccco5)ccc4OC4CCOCC4)ncnc3cc2OC)CC1. The van der Waals surface area contributed by atoms with Crippen LogP contribution in [0.3, 0.4) is 0 Å². The van der Waals surface area contributed by atoms with E-state index in [1.807, 2.05) is 42.5 Å². The zero-order valence-electron chi connectivity index (χ0n) is 23.6. The van der Waals surface area contributed by atoms with Gasteiger partial charge in [0.05, 0.1) is 37.8 Å². The van der Waals surface area contributed by atoms with Crippen LogP contribution in [-0.4, -0.2) is 66.4 Å². The van der Waals surface area contributed by atoms with Gasteiger partial charge in [-0.25, -0.2) is 9.97 Å². The number of ether oxygens (including phenoxy) is 4. The van der Waals surface area contributed by atoms with E-state index in [1.165, 1.54) is 12.4 Å². The van der Waals surface area contributed by atoms with Crippen molar-refractivity contribution < 1.29 is 28.2 Å². The van der Waals surface area contributed by atoms with Crippen LogP contribution in [0, 0.1) is 0 Å². The van der Waals surface area contributed by atoms with Gasteiger partial charge in [-0.2, -0.15) is 0 Å². The molecule has 1 amide bonds. The summed E-state index contributed by atoms with van der Waals surface area (Å²) in [5.41, 5.74) is 2.37. The zero-order valence-corrected chi connectivity index (χ0v) is 23.6. The molecule has 2 aromatic heterocycles. The molecule has 0 unspecified atom stereocenters. The topological polar surface area (TPSA) is 108 Å². The molecule has 2 aliphatic heterocycles. The number of carbonyl (C=O) groups is 1. The Balaban J connectivity index is 1.31. The summed E-state index contributed by atoms with van der Waals surface area (Å²) >= 11 is 0. The van der Waals surface area contributed by atoms with E-state index in [1.54, 1.807) is 18.3 Å². The number of anilines is 2. The maximum absolute atomic E-state index is 12.0. The number of piperidine rings is 1. The monoisotopic (exact) mass is 570 g/mol. The first-order valence-corrected chi connectivity index (χ1v) is 14.2. The summed E-state index contributed by atoms with van der Waals surface area (Å²) in [6, 6.07) is 13.5. The van der Waals surface area contributed by atoms with Crippen molar-refractivity contribution >= 4 is 28.3 Å². The van der Waals surface area contributed by atoms with Crippen LogP contribution in [0.25, 0.3) is 22.2 Å². The third-order valence-electron chi connectivity index (χ3n) is 7.64. The molecule has 0 radical (unpaired) electrons. The quantitative estimate of drug-likeness (QED) is 0.251. The number of aromatic nitrogens is 2. The van der Waals surface area contributed by atoms with E-state index in [4.69, 9.17) is 23.4 Å². The molecule has 0 saturated carbocycles. The number of methoxy groups -OCH3 is 1. The molecule has 0 spiro atoms. The van der Waals surface area contributed by atoms with Crippen LogP contribution < -0.4 is 19.5 Å². The average Bonchev–Trinajstić information content (AvgIpc) is 3.58. The van der Waals surface area contributed by atoms with Crippen molar-refractivity contribution in [3.05, 3.63) is 67.7 Å². The number of nitrogens with one attached hydrogen (secondary N) is 1. The Bertz CT molecular complexity index is 1540. The number of furan rings is 1. The molecule has 218 valence electrons. The van der Waals surface area contributed by atoms with Crippen molar-refractivity contribution in [1.29, 1.82) is 0 Å². The van der Waals surface area contributed by atoms with E-state index in [0.29, 0.717) is 62.0 Å². The molecule has 42 heavy (non-hydrogen) atoms. The Labute approximate surface area is 244 Å².